The molecular weight excluding hydrogens is 693 g/mol. The molecule has 5 aromatic rings. The lowest BCUT2D eigenvalue weighted by Crippen LogP contribution is -2.35. The van der Waals surface area contributed by atoms with Gasteiger partial charge in [0.25, 0.3) is 0 Å². The predicted octanol–water partition coefficient (Wildman–Crippen LogP) is 6.75. The van der Waals surface area contributed by atoms with Crippen molar-refractivity contribution >= 4 is 21.5 Å². The fourth-order valence-electron chi connectivity index (χ4n) is 5.94. The van der Waals surface area contributed by atoms with E-state index in [0.717, 1.165) is 45.4 Å². The lowest BCUT2D eigenvalue weighted by atomic mass is 9.99. The van der Waals surface area contributed by atoms with Gasteiger partial charge in [-0.15, -0.1) is 0 Å². The highest BCUT2D eigenvalue weighted by atomic mass is 32.2. The Bertz CT molecular complexity index is 2080. The Labute approximate surface area is 311 Å². The van der Waals surface area contributed by atoms with Crippen molar-refractivity contribution < 1.29 is 37.3 Å². The maximum Gasteiger partial charge on any atom is 0.344 e. The largest absolute Gasteiger partial charge is 0.492 e. The molecule has 5 aromatic carbocycles. The molecule has 0 radical (unpaired) electrons. The normalized spacial score (nSPS) is 12.5. The molecule has 0 bridgehead atoms. The Morgan fingerprint density at radius 1 is 0.792 bits per heavy atom. The first kappa shape index (κ1) is 38.9. The molecule has 4 N–H and O–H groups in total. The van der Waals surface area contributed by atoms with E-state index in [1.54, 1.807) is 19.1 Å². The number of nitrogens with one attached hydrogen (secondary N) is 1. The van der Waals surface area contributed by atoms with E-state index < -0.39 is 28.0 Å². The van der Waals surface area contributed by atoms with Crippen LogP contribution >= 0.6 is 0 Å². The molecule has 0 unspecified atom stereocenters. The molecule has 10 nitrogen and oxygen atoms in total. The van der Waals surface area contributed by atoms with E-state index in [1.807, 2.05) is 105 Å². The van der Waals surface area contributed by atoms with Gasteiger partial charge in [-0.25, -0.2) is 13.2 Å². The molecule has 5 rings (SSSR count). The zero-order valence-corrected chi connectivity index (χ0v) is 31.2. The molecule has 0 aliphatic heterocycles. The molecule has 0 spiro atoms. The molecule has 0 saturated heterocycles. The first-order valence-electron chi connectivity index (χ1n) is 17.3. The van der Waals surface area contributed by atoms with Gasteiger partial charge in [0.2, 0.25) is 0 Å². The van der Waals surface area contributed by atoms with E-state index in [0.29, 0.717) is 18.9 Å². The van der Waals surface area contributed by atoms with Gasteiger partial charge in [-0.3, -0.25) is 0 Å². The summed E-state index contributed by atoms with van der Waals surface area (Å²) in [5.74, 6) is 0.993. The number of rotatable bonds is 17. The molecule has 0 aromatic heterocycles. The minimum Gasteiger partial charge on any atom is -0.492 e. The number of carbonyl (C=O) groups excluding carboxylic acids is 1. The van der Waals surface area contributed by atoms with Gasteiger partial charge in [0, 0.05) is 24.4 Å². The van der Waals surface area contributed by atoms with Crippen molar-refractivity contribution in [2.75, 3.05) is 31.7 Å². The standard InChI is InChI=1S/C42H46N2O8S/c1-28-22-34(33-16-11-17-35(24-33)50-27-38(45)52-26-32-14-9-6-10-15-32)23-29(2)41(28)49-21-20-44-30(3)40(46)36-18-19-37(42(39(36)43)53(4,47)48)51-25-31-12-7-5-8-13-31/h5-19,22-24,30,40,44,46H,20-21,25-27,43H2,1-4H3/t30-,40-/m0/s1. The van der Waals surface area contributed by atoms with Crippen LogP contribution in [-0.4, -0.2) is 51.5 Å². The molecule has 11 heteroatoms. The average Bonchev–Trinajstić information content (AvgIpc) is 3.14. The van der Waals surface area contributed by atoms with Gasteiger partial charge in [0.05, 0.1) is 11.8 Å². The summed E-state index contributed by atoms with van der Waals surface area (Å²) in [7, 11) is -3.77. The Hall–Kier alpha value is -5.36. The lowest BCUT2D eigenvalue weighted by Gasteiger charge is -2.24. The zero-order valence-electron chi connectivity index (χ0n) is 30.4. The molecule has 0 aliphatic carbocycles. The van der Waals surface area contributed by atoms with Crippen molar-refractivity contribution in [3.8, 4) is 28.4 Å². The van der Waals surface area contributed by atoms with Crippen molar-refractivity contribution in [3.05, 3.63) is 137 Å². The number of esters is 1. The highest BCUT2D eigenvalue weighted by molar-refractivity contribution is 7.91. The van der Waals surface area contributed by atoms with E-state index in [2.05, 4.69) is 5.32 Å². The SMILES string of the molecule is Cc1cc(-c2cccc(OCC(=O)OCc3ccccc3)c2)cc(C)c1OCCN[C@@H](C)[C@H](O)c1ccc(OCc2ccccc2)c(S(C)(=O)=O)c1N. The number of carbonyl (C=O) groups is 1. The number of nitrogens with two attached hydrogens (primary N) is 1. The van der Waals surface area contributed by atoms with Crippen LogP contribution in [0.4, 0.5) is 5.69 Å². The maximum absolute atomic E-state index is 12.8. The Morgan fingerprint density at radius 3 is 2.08 bits per heavy atom. The number of benzene rings is 5. The number of aliphatic hydroxyl groups excluding tert-OH is 1. The minimum atomic E-state index is -3.77. The van der Waals surface area contributed by atoms with Crippen LogP contribution in [0.2, 0.25) is 0 Å². The quantitative estimate of drug-likeness (QED) is 0.0532. The van der Waals surface area contributed by atoms with E-state index >= 15 is 0 Å². The second kappa shape index (κ2) is 17.9. The number of nitrogen functional groups attached to an aromatic ring is 1. The molecular formula is C42H46N2O8S. The monoisotopic (exact) mass is 738 g/mol. The number of aliphatic hydroxyl groups is 1. The summed E-state index contributed by atoms with van der Waals surface area (Å²) in [6, 6.07) is 33.1. The Morgan fingerprint density at radius 2 is 1.43 bits per heavy atom. The summed E-state index contributed by atoms with van der Waals surface area (Å²) in [4.78, 5) is 12.1. The van der Waals surface area contributed by atoms with E-state index in [9.17, 15) is 18.3 Å². The van der Waals surface area contributed by atoms with Crippen LogP contribution in [0.1, 0.15) is 40.8 Å². The van der Waals surface area contributed by atoms with Crippen LogP contribution < -0.4 is 25.3 Å². The molecule has 278 valence electrons. The molecule has 0 heterocycles. The van der Waals surface area contributed by atoms with Crippen LogP contribution in [0, 0.1) is 13.8 Å². The summed E-state index contributed by atoms with van der Waals surface area (Å²) in [5, 5.41) is 14.5. The summed E-state index contributed by atoms with van der Waals surface area (Å²) in [6.45, 7) is 6.63. The van der Waals surface area contributed by atoms with Crippen molar-refractivity contribution in [1.29, 1.82) is 0 Å². The van der Waals surface area contributed by atoms with Gasteiger partial charge in [-0.05, 0) is 84.5 Å². The second-order valence-corrected chi connectivity index (χ2v) is 14.8. The fraction of sp³-hybridized carbons (Fsp3) is 0.262. The maximum atomic E-state index is 12.8. The number of ether oxygens (including phenoxy) is 4. The molecule has 2 atom stereocenters. The predicted molar refractivity (Wildman–Crippen MR) is 206 cm³/mol. The number of hydrogen-bond acceptors (Lipinski definition) is 10. The van der Waals surface area contributed by atoms with Crippen LogP contribution in [0.5, 0.6) is 17.2 Å². The molecule has 0 fully saturated rings. The van der Waals surface area contributed by atoms with Gasteiger partial charge in [-0.1, -0.05) is 78.9 Å². The summed E-state index contributed by atoms with van der Waals surface area (Å²) >= 11 is 0. The minimum absolute atomic E-state index is 0.0414. The van der Waals surface area contributed by atoms with Gasteiger partial charge >= 0.3 is 5.97 Å². The summed E-state index contributed by atoms with van der Waals surface area (Å²) in [6.07, 6.45) is -0.0263. The van der Waals surface area contributed by atoms with Crippen molar-refractivity contribution in [3.63, 3.8) is 0 Å². The smallest absolute Gasteiger partial charge is 0.344 e. The van der Waals surface area contributed by atoms with Crippen molar-refractivity contribution in [1.82, 2.24) is 5.32 Å². The summed E-state index contributed by atoms with van der Waals surface area (Å²) in [5.41, 5.74) is 12.2. The van der Waals surface area contributed by atoms with E-state index in [4.69, 9.17) is 24.7 Å². The highest BCUT2D eigenvalue weighted by Crippen LogP contribution is 2.37. The number of sulfone groups is 1. The first-order chi connectivity index (χ1) is 25.4. The van der Waals surface area contributed by atoms with Gasteiger partial charge in [-0.2, -0.15) is 0 Å². The van der Waals surface area contributed by atoms with Crippen LogP contribution in [0.25, 0.3) is 11.1 Å². The van der Waals surface area contributed by atoms with Gasteiger partial charge in [0.15, 0.2) is 16.4 Å². The fourth-order valence-corrected chi connectivity index (χ4v) is 6.95. The third-order valence-electron chi connectivity index (χ3n) is 8.64. The lowest BCUT2D eigenvalue weighted by molar-refractivity contribution is -0.147. The van der Waals surface area contributed by atoms with Gasteiger partial charge in [0.1, 0.15) is 42.0 Å². The molecule has 0 amide bonds. The number of anilines is 1. The molecule has 0 saturated carbocycles. The zero-order chi connectivity index (χ0) is 38.0. The van der Waals surface area contributed by atoms with Crippen LogP contribution in [0.3, 0.4) is 0 Å². The first-order valence-corrected chi connectivity index (χ1v) is 19.2. The topological polar surface area (TPSA) is 146 Å². The van der Waals surface area contributed by atoms with Crippen molar-refractivity contribution in [2.45, 2.75) is 51.0 Å². The number of hydrogen-bond donors (Lipinski definition) is 3. The van der Waals surface area contributed by atoms with E-state index in [1.165, 1.54) is 6.07 Å². The third kappa shape index (κ3) is 10.6. The van der Waals surface area contributed by atoms with Gasteiger partial charge < -0.3 is 35.1 Å². The van der Waals surface area contributed by atoms with E-state index in [-0.39, 0.29) is 41.7 Å². The second-order valence-electron chi connectivity index (χ2n) is 12.9. The number of aryl methyl sites for hydroxylation is 2. The van der Waals surface area contributed by atoms with Crippen LogP contribution in [0.15, 0.2) is 114 Å². The highest BCUT2D eigenvalue weighted by Gasteiger charge is 2.26. The van der Waals surface area contributed by atoms with Crippen LogP contribution in [-0.2, 0) is 32.6 Å². The molecule has 0 aliphatic rings. The molecule has 53 heavy (non-hydrogen) atoms. The van der Waals surface area contributed by atoms with Crippen molar-refractivity contribution in [2.24, 2.45) is 0 Å². The Kier molecular flexibility index (Phi) is 13.1. The summed E-state index contributed by atoms with van der Waals surface area (Å²) < 4.78 is 48.6. The third-order valence-corrected chi connectivity index (χ3v) is 9.80. The average molecular weight is 739 g/mol. The Balaban J connectivity index is 1.14.